The molecular formula is C22H16F3N3OS. The van der Waals surface area contributed by atoms with Crippen LogP contribution in [0.2, 0.25) is 0 Å². The fraction of sp³-hybridized carbons (Fsp3) is 0.136. The van der Waals surface area contributed by atoms with Crippen molar-refractivity contribution in [2.75, 3.05) is 0 Å². The number of halogens is 3. The van der Waals surface area contributed by atoms with Crippen molar-refractivity contribution in [3.05, 3.63) is 100 Å². The predicted octanol–water partition coefficient (Wildman–Crippen LogP) is 5.15. The molecule has 0 aliphatic rings. The second-order valence-corrected chi connectivity index (χ2v) is 7.55. The summed E-state index contributed by atoms with van der Waals surface area (Å²) in [6, 6.07) is 16.0. The van der Waals surface area contributed by atoms with E-state index in [2.05, 4.69) is 9.97 Å². The fourth-order valence-electron chi connectivity index (χ4n) is 3.14. The van der Waals surface area contributed by atoms with Gasteiger partial charge in [-0.25, -0.2) is 4.98 Å². The van der Waals surface area contributed by atoms with Crippen LogP contribution >= 0.6 is 11.8 Å². The van der Waals surface area contributed by atoms with E-state index in [-0.39, 0.29) is 23.4 Å². The lowest BCUT2D eigenvalue weighted by atomic mass is 10.1. The molecule has 0 N–H and O–H groups in total. The average Bonchev–Trinajstić information content (AvgIpc) is 2.75. The van der Waals surface area contributed by atoms with Crippen molar-refractivity contribution in [2.45, 2.75) is 23.6 Å². The van der Waals surface area contributed by atoms with Gasteiger partial charge in [-0.2, -0.15) is 13.2 Å². The van der Waals surface area contributed by atoms with Crippen molar-refractivity contribution >= 4 is 22.7 Å². The number of pyridine rings is 1. The Bertz CT molecular complexity index is 1240. The molecule has 0 aliphatic heterocycles. The minimum atomic E-state index is -4.44. The van der Waals surface area contributed by atoms with Gasteiger partial charge in [0.15, 0.2) is 5.16 Å². The largest absolute Gasteiger partial charge is 0.416 e. The number of nitrogens with zero attached hydrogens (tertiary/aromatic N) is 3. The van der Waals surface area contributed by atoms with Gasteiger partial charge in [-0.15, -0.1) is 0 Å². The predicted molar refractivity (Wildman–Crippen MR) is 110 cm³/mol. The van der Waals surface area contributed by atoms with E-state index < -0.39 is 11.7 Å². The summed E-state index contributed by atoms with van der Waals surface area (Å²) in [5, 5.41) is 0.820. The topological polar surface area (TPSA) is 47.8 Å². The van der Waals surface area contributed by atoms with Crippen LogP contribution in [-0.4, -0.2) is 14.5 Å². The molecule has 4 rings (SSSR count). The van der Waals surface area contributed by atoms with Gasteiger partial charge in [0, 0.05) is 18.1 Å². The minimum absolute atomic E-state index is 0.0352. The number of hydrogen-bond acceptors (Lipinski definition) is 4. The second kappa shape index (κ2) is 8.31. The van der Waals surface area contributed by atoms with Crippen molar-refractivity contribution in [3.8, 4) is 0 Å². The molecule has 2 heterocycles. The number of rotatable bonds is 5. The van der Waals surface area contributed by atoms with Gasteiger partial charge in [-0.3, -0.25) is 14.3 Å². The first kappa shape index (κ1) is 20.2. The third kappa shape index (κ3) is 4.23. The highest BCUT2D eigenvalue weighted by Gasteiger charge is 2.32. The lowest BCUT2D eigenvalue weighted by molar-refractivity contribution is -0.138. The lowest BCUT2D eigenvalue weighted by Gasteiger charge is -2.15. The molecule has 30 heavy (non-hydrogen) atoms. The van der Waals surface area contributed by atoms with Crippen molar-refractivity contribution in [1.82, 2.24) is 14.5 Å². The summed E-state index contributed by atoms with van der Waals surface area (Å²) < 4.78 is 41.5. The third-order valence-electron chi connectivity index (χ3n) is 4.57. The van der Waals surface area contributed by atoms with Crippen molar-refractivity contribution in [3.63, 3.8) is 0 Å². The Kier molecular flexibility index (Phi) is 5.59. The Morgan fingerprint density at radius 3 is 2.50 bits per heavy atom. The summed E-state index contributed by atoms with van der Waals surface area (Å²) in [5.41, 5.74) is 0.534. The maximum atomic E-state index is 13.3. The monoisotopic (exact) mass is 427 g/mol. The van der Waals surface area contributed by atoms with Crippen LogP contribution in [0.15, 0.2) is 83.0 Å². The number of benzene rings is 2. The summed E-state index contributed by atoms with van der Waals surface area (Å²) in [5.74, 6) is 0.0352. The van der Waals surface area contributed by atoms with Crippen LogP contribution in [0.5, 0.6) is 0 Å². The van der Waals surface area contributed by atoms with Crippen molar-refractivity contribution < 1.29 is 13.2 Å². The van der Waals surface area contributed by atoms with Gasteiger partial charge < -0.3 is 0 Å². The molecule has 0 amide bonds. The van der Waals surface area contributed by atoms with E-state index in [1.165, 1.54) is 16.7 Å². The van der Waals surface area contributed by atoms with Gasteiger partial charge in [-0.05, 0) is 35.4 Å². The Labute approximate surface area is 174 Å². The van der Waals surface area contributed by atoms with Crippen molar-refractivity contribution in [2.24, 2.45) is 0 Å². The fourth-order valence-corrected chi connectivity index (χ4v) is 4.14. The molecule has 152 valence electrons. The summed E-state index contributed by atoms with van der Waals surface area (Å²) in [6.45, 7) is 0.230. The molecule has 4 nitrogen and oxygen atoms in total. The Morgan fingerprint density at radius 2 is 1.73 bits per heavy atom. The number of fused-ring (bicyclic) bond motifs is 1. The van der Waals surface area contributed by atoms with E-state index >= 15 is 0 Å². The van der Waals surface area contributed by atoms with Crippen molar-refractivity contribution in [1.29, 1.82) is 0 Å². The quantitative estimate of drug-likeness (QED) is 0.326. The summed E-state index contributed by atoms with van der Waals surface area (Å²) >= 11 is 1.11. The zero-order valence-corrected chi connectivity index (χ0v) is 16.5. The summed E-state index contributed by atoms with van der Waals surface area (Å²) in [6.07, 6.45) is -1.16. The molecule has 0 spiro atoms. The first-order chi connectivity index (χ1) is 14.4. The molecule has 4 aromatic rings. The molecule has 0 atom stereocenters. The summed E-state index contributed by atoms with van der Waals surface area (Å²) in [4.78, 5) is 21.7. The van der Waals surface area contributed by atoms with Gasteiger partial charge in [0.05, 0.1) is 23.0 Å². The van der Waals surface area contributed by atoms with Gasteiger partial charge in [0.2, 0.25) is 0 Å². The molecule has 0 fully saturated rings. The van der Waals surface area contributed by atoms with Gasteiger partial charge >= 0.3 is 6.18 Å². The van der Waals surface area contributed by atoms with Gasteiger partial charge in [-0.1, -0.05) is 48.2 Å². The molecule has 2 aromatic heterocycles. The molecule has 0 aliphatic carbocycles. The van der Waals surface area contributed by atoms with Crippen LogP contribution in [0, 0.1) is 0 Å². The number of thioether (sulfide) groups is 1. The molecule has 0 radical (unpaired) electrons. The number of alkyl halides is 3. The van der Waals surface area contributed by atoms with E-state index in [4.69, 9.17) is 0 Å². The van der Waals surface area contributed by atoms with Crippen LogP contribution in [0.3, 0.4) is 0 Å². The highest BCUT2D eigenvalue weighted by atomic mass is 32.2. The van der Waals surface area contributed by atoms with E-state index in [1.807, 2.05) is 6.07 Å². The standard InChI is InChI=1S/C22H16F3N3OS/c23-22(24,25)18-9-3-1-7-16(18)14-30-21-27-19-10-4-2-8-17(19)20(29)28(21)13-15-6-5-11-26-12-15/h1-12H,13-14H2. The smallest absolute Gasteiger partial charge is 0.283 e. The molecule has 8 heteroatoms. The maximum Gasteiger partial charge on any atom is 0.416 e. The van der Waals surface area contributed by atoms with Crippen LogP contribution in [0.25, 0.3) is 10.9 Å². The minimum Gasteiger partial charge on any atom is -0.283 e. The average molecular weight is 427 g/mol. The van der Waals surface area contributed by atoms with E-state index in [1.54, 1.807) is 48.8 Å². The van der Waals surface area contributed by atoms with E-state index in [9.17, 15) is 18.0 Å². The Hall–Kier alpha value is -3.13. The number of hydrogen-bond donors (Lipinski definition) is 0. The van der Waals surface area contributed by atoms with Gasteiger partial charge in [0.25, 0.3) is 5.56 Å². The Balaban J connectivity index is 1.75. The van der Waals surface area contributed by atoms with Crippen LogP contribution in [0.1, 0.15) is 16.7 Å². The zero-order chi connectivity index (χ0) is 21.1. The third-order valence-corrected chi connectivity index (χ3v) is 5.59. The lowest BCUT2D eigenvalue weighted by Crippen LogP contribution is -2.24. The van der Waals surface area contributed by atoms with Gasteiger partial charge in [0.1, 0.15) is 0 Å². The highest BCUT2D eigenvalue weighted by Crippen LogP contribution is 2.34. The van der Waals surface area contributed by atoms with Crippen LogP contribution in [0.4, 0.5) is 13.2 Å². The SMILES string of the molecule is O=c1c2ccccc2nc(SCc2ccccc2C(F)(F)F)n1Cc1cccnc1. The maximum absolute atomic E-state index is 13.3. The first-order valence-electron chi connectivity index (χ1n) is 9.10. The highest BCUT2D eigenvalue weighted by molar-refractivity contribution is 7.98. The van der Waals surface area contributed by atoms with E-state index in [0.717, 1.165) is 23.4 Å². The van der Waals surface area contributed by atoms with Crippen LogP contribution < -0.4 is 5.56 Å². The molecule has 0 unspecified atom stereocenters. The molecule has 0 bridgehead atoms. The first-order valence-corrected chi connectivity index (χ1v) is 10.1. The molecule has 0 saturated heterocycles. The normalized spacial score (nSPS) is 11.7. The number of para-hydroxylation sites is 1. The molecular weight excluding hydrogens is 411 g/mol. The summed E-state index contributed by atoms with van der Waals surface area (Å²) in [7, 11) is 0. The zero-order valence-electron chi connectivity index (χ0n) is 15.6. The molecule has 0 saturated carbocycles. The number of aromatic nitrogens is 3. The second-order valence-electron chi connectivity index (χ2n) is 6.61. The van der Waals surface area contributed by atoms with E-state index in [0.29, 0.717) is 16.1 Å². The molecule has 2 aromatic carbocycles. The Morgan fingerprint density at radius 1 is 0.967 bits per heavy atom. The van der Waals surface area contributed by atoms with Crippen LogP contribution in [-0.2, 0) is 18.5 Å².